The van der Waals surface area contributed by atoms with Gasteiger partial charge in [-0.15, -0.1) is 0 Å². The van der Waals surface area contributed by atoms with E-state index in [1.165, 1.54) is 4.57 Å². The molecular formula is C9H8BrNO3S. The highest BCUT2D eigenvalue weighted by molar-refractivity contribution is 9.10. The molecule has 0 amide bonds. The number of aryl methyl sites for hydroxylation is 1. The molecule has 0 atom stereocenters. The predicted octanol–water partition coefficient (Wildman–Crippen LogP) is 2.19. The third kappa shape index (κ3) is 1.80. The lowest BCUT2D eigenvalue weighted by Gasteiger charge is -1.99. The number of rotatable bonds is 1. The molecule has 15 heavy (non-hydrogen) atoms. The fourth-order valence-electron chi connectivity index (χ4n) is 1.61. The Morgan fingerprint density at radius 1 is 1.40 bits per heavy atom. The number of benzene rings is 1. The van der Waals surface area contributed by atoms with Crippen molar-refractivity contribution in [2.75, 3.05) is 0 Å². The van der Waals surface area contributed by atoms with Crippen molar-refractivity contribution in [2.45, 2.75) is 5.03 Å². The Morgan fingerprint density at radius 3 is 2.67 bits per heavy atom. The zero-order valence-corrected chi connectivity index (χ0v) is 10.2. The van der Waals surface area contributed by atoms with E-state index in [1.807, 2.05) is 0 Å². The number of halogens is 1. The Kier molecular flexibility index (Phi) is 2.37. The summed E-state index contributed by atoms with van der Waals surface area (Å²) in [7, 11) is -2.60. The van der Waals surface area contributed by atoms with Gasteiger partial charge in [-0.1, -0.05) is 22.0 Å². The highest BCUT2D eigenvalue weighted by atomic mass is 79.9. The molecular weight excluding hydrogens is 282 g/mol. The molecule has 2 rings (SSSR count). The van der Waals surface area contributed by atoms with Crippen LogP contribution in [0.15, 0.2) is 33.9 Å². The lowest BCUT2D eigenvalue weighted by molar-refractivity contribution is 0.476. The van der Waals surface area contributed by atoms with E-state index in [0.29, 0.717) is 5.39 Å². The number of hydrogen-bond acceptors (Lipinski definition) is 2. The zero-order chi connectivity index (χ0) is 11.2. The monoisotopic (exact) mass is 289 g/mol. The molecule has 80 valence electrons. The van der Waals surface area contributed by atoms with Gasteiger partial charge in [0.05, 0.1) is 0 Å². The van der Waals surface area contributed by atoms with E-state index in [9.17, 15) is 8.42 Å². The van der Waals surface area contributed by atoms with Crippen molar-refractivity contribution < 1.29 is 13.0 Å². The van der Waals surface area contributed by atoms with E-state index < -0.39 is 10.1 Å². The van der Waals surface area contributed by atoms with E-state index in [-0.39, 0.29) is 5.03 Å². The van der Waals surface area contributed by atoms with Gasteiger partial charge in [-0.3, -0.25) is 4.55 Å². The van der Waals surface area contributed by atoms with E-state index in [1.54, 1.807) is 31.4 Å². The van der Waals surface area contributed by atoms with Crippen molar-refractivity contribution in [1.29, 1.82) is 0 Å². The van der Waals surface area contributed by atoms with Crippen LogP contribution >= 0.6 is 15.9 Å². The van der Waals surface area contributed by atoms with Crippen molar-refractivity contribution in [1.82, 2.24) is 4.57 Å². The molecule has 0 fully saturated rings. The lowest BCUT2D eigenvalue weighted by Crippen LogP contribution is -2.04. The summed E-state index contributed by atoms with van der Waals surface area (Å²) in [6, 6.07) is 5.18. The standard InChI is InChI=1S/C9H8BrNO3S/c1-11-5-6-4-7(10)2-3-8(6)9(11)15(12,13)14/h2-5H,1H3,(H,12,13,14). The summed E-state index contributed by atoms with van der Waals surface area (Å²) < 4.78 is 33.6. The lowest BCUT2D eigenvalue weighted by atomic mass is 10.2. The fourth-order valence-corrected chi connectivity index (χ4v) is 2.87. The van der Waals surface area contributed by atoms with Crippen LogP contribution in [0.3, 0.4) is 0 Å². The normalized spacial score (nSPS) is 12.2. The summed E-state index contributed by atoms with van der Waals surface area (Å²) in [5.41, 5.74) is 0. The van der Waals surface area contributed by atoms with Gasteiger partial charge in [0.2, 0.25) is 0 Å². The molecule has 1 aromatic carbocycles. The van der Waals surface area contributed by atoms with Crippen LogP contribution in [0.1, 0.15) is 0 Å². The van der Waals surface area contributed by atoms with E-state index in [2.05, 4.69) is 15.9 Å². The van der Waals surface area contributed by atoms with Crippen molar-refractivity contribution in [2.24, 2.45) is 7.05 Å². The van der Waals surface area contributed by atoms with Crippen molar-refractivity contribution in [3.63, 3.8) is 0 Å². The van der Waals surface area contributed by atoms with Crippen LogP contribution in [-0.2, 0) is 17.2 Å². The summed E-state index contributed by atoms with van der Waals surface area (Å²) in [5.74, 6) is 0. The topological polar surface area (TPSA) is 59.3 Å². The van der Waals surface area contributed by atoms with Crippen LogP contribution in [0.25, 0.3) is 10.8 Å². The maximum absolute atomic E-state index is 11.1. The van der Waals surface area contributed by atoms with Crippen LogP contribution < -0.4 is 0 Å². The first-order valence-electron chi connectivity index (χ1n) is 4.11. The van der Waals surface area contributed by atoms with Crippen LogP contribution in [0.2, 0.25) is 0 Å². The smallest absolute Gasteiger partial charge is 0.310 e. The summed E-state index contributed by atoms with van der Waals surface area (Å²) >= 11 is 3.30. The third-order valence-electron chi connectivity index (χ3n) is 2.14. The molecule has 0 aliphatic carbocycles. The van der Waals surface area contributed by atoms with Gasteiger partial charge < -0.3 is 4.57 Å². The van der Waals surface area contributed by atoms with Gasteiger partial charge in [-0.05, 0) is 12.1 Å². The molecule has 2 aromatic rings. The second-order valence-electron chi connectivity index (χ2n) is 3.25. The van der Waals surface area contributed by atoms with Gasteiger partial charge >= 0.3 is 10.1 Å². The maximum atomic E-state index is 11.1. The minimum Gasteiger partial charge on any atom is -0.339 e. The molecule has 4 nitrogen and oxygen atoms in total. The minimum atomic E-state index is -4.18. The average molecular weight is 290 g/mol. The summed E-state index contributed by atoms with van der Waals surface area (Å²) in [6.45, 7) is 0. The molecule has 0 spiro atoms. The fraction of sp³-hybridized carbons (Fsp3) is 0.111. The van der Waals surface area contributed by atoms with Gasteiger partial charge in [-0.25, -0.2) is 0 Å². The zero-order valence-electron chi connectivity index (χ0n) is 7.81. The number of nitrogens with zero attached hydrogens (tertiary/aromatic N) is 1. The van der Waals surface area contributed by atoms with Crippen molar-refractivity contribution in [3.05, 3.63) is 28.9 Å². The van der Waals surface area contributed by atoms with Crippen molar-refractivity contribution >= 4 is 36.8 Å². The summed E-state index contributed by atoms with van der Waals surface area (Å²) in [6.07, 6.45) is 1.66. The number of hydrogen-bond donors (Lipinski definition) is 1. The van der Waals surface area contributed by atoms with Gasteiger partial charge in [0.15, 0.2) is 5.03 Å². The van der Waals surface area contributed by atoms with Gasteiger partial charge in [0.1, 0.15) is 0 Å². The predicted molar refractivity (Wildman–Crippen MR) is 60.4 cm³/mol. The van der Waals surface area contributed by atoms with Gasteiger partial charge in [-0.2, -0.15) is 8.42 Å². The summed E-state index contributed by atoms with van der Waals surface area (Å²) in [4.78, 5) is 0. The highest BCUT2D eigenvalue weighted by Gasteiger charge is 2.18. The minimum absolute atomic E-state index is 0.0787. The van der Waals surface area contributed by atoms with E-state index >= 15 is 0 Å². The van der Waals surface area contributed by atoms with Gasteiger partial charge in [0, 0.05) is 28.5 Å². The van der Waals surface area contributed by atoms with E-state index in [0.717, 1.165) is 9.86 Å². The summed E-state index contributed by atoms with van der Waals surface area (Å²) in [5, 5.41) is 1.20. The van der Waals surface area contributed by atoms with Crippen LogP contribution in [0.5, 0.6) is 0 Å². The average Bonchev–Trinajstić information content (AvgIpc) is 2.38. The van der Waals surface area contributed by atoms with Crippen LogP contribution in [-0.4, -0.2) is 17.5 Å². The first kappa shape index (κ1) is 10.7. The molecule has 0 saturated heterocycles. The Morgan fingerprint density at radius 2 is 2.07 bits per heavy atom. The molecule has 1 N–H and O–H groups in total. The molecule has 0 unspecified atom stereocenters. The highest BCUT2D eigenvalue weighted by Crippen LogP contribution is 2.27. The largest absolute Gasteiger partial charge is 0.339 e. The Bertz CT molecular complexity index is 630. The Labute approximate surface area is 95.4 Å². The van der Waals surface area contributed by atoms with Crippen LogP contribution in [0.4, 0.5) is 0 Å². The third-order valence-corrected chi connectivity index (χ3v) is 3.63. The molecule has 1 heterocycles. The number of fused-ring (bicyclic) bond motifs is 1. The molecule has 0 radical (unpaired) electrons. The Balaban J connectivity index is 2.92. The van der Waals surface area contributed by atoms with Gasteiger partial charge in [0.25, 0.3) is 0 Å². The molecule has 0 aliphatic rings. The van der Waals surface area contributed by atoms with Crippen molar-refractivity contribution in [3.8, 4) is 0 Å². The molecule has 0 bridgehead atoms. The first-order chi connectivity index (χ1) is 6.89. The molecule has 0 aliphatic heterocycles. The Hall–Kier alpha value is -0.850. The quantitative estimate of drug-likeness (QED) is 0.819. The molecule has 6 heteroatoms. The molecule has 1 aromatic heterocycles. The number of aromatic nitrogens is 1. The second kappa shape index (κ2) is 3.33. The maximum Gasteiger partial charge on any atom is 0.310 e. The first-order valence-corrected chi connectivity index (χ1v) is 6.35. The second-order valence-corrected chi connectivity index (χ2v) is 5.50. The van der Waals surface area contributed by atoms with E-state index in [4.69, 9.17) is 4.55 Å². The SMILES string of the molecule is Cn1cc2cc(Br)ccc2c1S(=O)(=O)O. The molecule has 0 saturated carbocycles. The van der Waals surface area contributed by atoms with Crippen LogP contribution in [0, 0.1) is 0 Å².